The molecule has 1 aromatic heterocycles. The standard InChI is InChI=1S/C22H27N3O2/c1-5-20-22(15-25(2)24-20)23-21(17-8-12-19(27-4)13-9-17)14-16-6-10-18(26-3)11-7-16/h6-13,15,21,23H,5,14H2,1-4H3. The quantitative estimate of drug-likeness (QED) is 0.643. The molecular weight excluding hydrogens is 338 g/mol. The van der Waals surface area contributed by atoms with E-state index in [4.69, 9.17) is 9.47 Å². The van der Waals surface area contributed by atoms with Gasteiger partial charge in [0.1, 0.15) is 11.5 Å². The Kier molecular flexibility index (Phi) is 6.01. The summed E-state index contributed by atoms with van der Waals surface area (Å²) >= 11 is 0. The summed E-state index contributed by atoms with van der Waals surface area (Å²) < 4.78 is 12.4. The Morgan fingerprint density at radius 3 is 2.11 bits per heavy atom. The summed E-state index contributed by atoms with van der Waals surface area (Å²) in [6, 6.07) is 16.6. The summed E-state index contributed by atoms with van der Waals surface area (Å²) in [5.41, 5.74) is 4.60. The molecule has 3 aromatic rings. The molecule has 0 amide bonds. The molecule has 3 rings (SSSR count). The highest BCUT2D eigenvalue weighted by Gasteiger charge is 2.16. The average Bonchev–Trinajstić information content (AvgIpc) is 3.07. The highest BCUT2D eigenvalue weighted by atomic mass is 16.5. The number of hydrogen-bond acceptors (Lipinski definition) is 4. The second-order valence-corrected chi connectivity index (χ2v) is 6.54. The molecule has 0 saturated heterocycles. The van der Waals surface area contributed by atoms with Crippen molar-refractivity contribution in [3.05, 3.63) is 71.5 Å². The van der Waals surface area contributed by atoms with Gasteiger partial charge in [0.05, 0.1) is 31.6 Å². The molecule has 0 aliphatic rings. The summed E-state index contributed by atoms with van der Waals surface area (Å²) in [7, 11) is 5.33. The zero-order chi connectivity index (χ0) is 19.2. The smallest absolute Gasteiger partial charge is 0.118 e. The lowest BCUT2D eigenvalue weighted by atomic mass is 9.98. The molecule has 0 radical (unpaired) electrons. The third-order valence-electron chi connectivity index (χ3n) is 4.69. The maximum absolute atomic E-state index is 5.30. The molecule has 5 heteroatoms. The molecular formula is C22H27N3O2. The van der Waals surface area contributed by atoms with Crippen molar-refractivity contribution in [1.82, 2.24) is 9.78 Å². The van der Waals surface area contributed by atoms with E-state index in [2.05, 4.69) is 41.6 Å². The van der Waals surface area contributed by atoms with Crippen LogP contribution in [0.25, 0.3) is 0 Å². The van der Waals surface area contributed by atoms with Gasteiger partial charge < -0.3 is 14.8 Å². The van der Waals surface area contributed by atoms with Crippen LogP contribution in [0, 0.1) is 0 Å². The molecule has 5 nitrogen and oxygen atoms in total. The molecule has 0 fully saturated rings. The van der Waals surface area contributed by atoms with Crippen LogP contribution in [0.15, 0.2) is 54.7 Å². The second-order valence-electron chi connectivity index (χ2n) is 6.54. The minimum Gasteiger partial charge on any atom is -0.497 e. The molecule has 2 aromatic carbocycles. The van der Waals surface area contributed by atoms with Gasteiger partial charge in [-0.15, -0.1) is 0 Å². The lowest BCUT2D eigenvalue weighted by Crippen LogP contribution is -2.14. The fourth-order valence-electron chi connectivity index (χ4n) is 3.19. The molecule has 0 bridgehead atoms. The monoisotopic (exact) mass is 365 g/mol. The first-order chi connectivity index (χ1) is 13.1. The van der Waals surface area contributed by atoms with Gasteiger partial charge >= 0.3 is 0 Å². The van der Waals surface area contributed by atoms with Crippen LogP contribution < -0.4 is 14.8 Å². The van der Waals surface area contributed by atoms with E-state index in [1.165, 1.54) is 11.1 Å². The number of ether oxygens (including phenoxy) is 2. The number of anilines is 1. The van der Waals surface area contributed by atoms with Crippen LogP contribution >= 0.6 is 0 Å². The van der Waals surface area contributed by atoms with Crippen LogP contribution in [0.5, 0.6) is 11.5 Å². The van der Waals surface area contributed by atoms with Gasteiger partial charge in [-0.25, -0.2) is 0 Å². The van der Waals surface area contributed by atoms with E-state index in [9.17, 15) is 0 Å². The first-order valence-electron chi connectivity index (χ1n) is 9.18. The second kappa shape index (κ2) is 8.62. The minimum atomic E-state index is 0.124. The Bertz CT molecular complexity index is 854. The van der Waals surface area contributed by atoms with E-state index < -0.39 is 0 Å². The molecule has 1 atom stereocenters. The molecule has 27 heavy (non-hydrogen) atoms. The van der Waals surface area contributed by atoms with Crippen molar-refractivity contribution in [2.45, 2.75) is 25.8 Å². The highest BCUT2D eigenvalue weighted by Crippen LogP contribution is 2.27. The minimum absolute atomic E-state index is 0.124. The molecule has 0 saturated carbocycles. The van der Waals surface area contributed by atoms with Gasteiger partial charge in [-0.1, -0.05) is 31.2 Å². The van der Waals surface area contributed by atoms with Crippen LogP contribution in [0.3, 0.4) is 0 Å². The number of methoxy groups -OCH3 is 2. The highest BCUT2D eigenvalue weighted by molar-refractivity contribution is 5.49. The Morgan fingerprint density at radius 2 is 1.56 bits per heavy atom. The third-order valence-corrected chi connectivity index (χ3v) is 4.69. The summed E-state index contributed by atoms with van der Waals surface area (Å²) in [5.74, 6) is 1.73. The van der Waals surface area contributed by atoms with Gasteiger partial charge in [-0.3, -0.25) is 4.68 Å². The number of nitrogens with one attached hydrogen (secondary N) is 1. The Balaban J connectivity index is 1.88. The number of aromatic nitrogens is 2. The molecule has 0 spiro atoms. The lowest BCUT2D eigenvalue weighted by molar-refractivity contribution is 0.414. The van der Waals surface area contributed by atoms with E-state index in [0.717, 1.165) is 35.7 Å². The topological polar surface area (TPSA) is 48.3 Å². The van der Waals surface area contributed by atoms with E-state index in [1.807, 2.05) is 42.2 Å². The van der Waals surface area contributed by atoms with E-state index in [0.29, 0.717) is 0 Å². The zero-order valence-corrected chi connectivity index (χ0v) is 16.4. The number of rotatable bonds is 8. The fraction of sp³-hybridized carbons (Fsp3) is 0.318. The van der Waals surface area contributed by atoms with Crippen LogP contribution in [0.2, 0.25) is 0 Å². The number of benzene rings is 2. The maximum Gasteiger partial charge on any atom is 0.118 e. The van der Waals surface area contributed by atoms with Gasteiger partial charge in [-0.05, 0) is 48.2 Å². The Morgan fingerprint density at radius 1 is 0.963 bits per heavy atom. The first-order valence-corrected chi connectivity index (χ1v) is 9.18. The van der Waals surface area contributed by atoms with Gasteiger partial charge in [-0.2, -0.15) is 5.10 Å². The van der Waals surface area contributed by atoms with Crippen LogP contribution in [0.4, 0.5) is 5.69 Å². The van der Waals surface area contributed by atoms with Crippen molar-refractivity contribution >= 4 is 5.69 Å². The maximum atomic E-state index is 5.30. The van der Waals surface area contributed by atoms with Crippen molar-refractivity contribution < 1.29 is 9.47 Å². The Hall–Kier alpha value is -2.95. The molecule has 0 aliphatic heterocycles. The predicted octanol–water partition coefficient (Wildman–Crippen LogP) is 4.40. The Labute approximate surface area is 160 Å². The summed E-state index contributed by atoms with van der Waals surface area (Å²) in [6.45, 7) is 2.12. The van der Waals surface area contributed by atoms with Crippen LogP contribution in [-0.4, -0.2) is 24.0 Å². The normalized spacial score (nSPS) is 11.9. The van der Waals surface area contributed by atoms with Gasteiger partial charge in [0, 0.05) is 13.2 Å². The van der Waals surface area contributed by atoms with E-state index in [-0.39, 0.29) is 6.04 Å². The third kappa shape index (κ3) is 4.61. The average molecular weight is 365 g/mol. The van der Waals surface area contributed by atoms with E-state index in [1.54, 1.807) is 14.2 Å². The largest absolute Gasteiger partial charge is 0.497 e. The number of hydrogen-bond donors (Lipinski definition) is 1. The van der Waals surface area contributed by atoms with Gasteiger partial charge in [0.25, 0.3) is 0 Å². The molecule has 0 aliphatic carbocycles. The van der Waals surface area contributed by atoms with Gasteiger partial charge in [0.15, 0.2) is 0 Å². The summed E-state index contributed by atoms with van der Waals surface area (Å²) in [5, 5.41) is 8.25. The molecule has 1 unspecified atom stereocenters. The van der Waals surface area contributed by atoms with Crippen molar-refractivity contribution in [2.75, 3.05) is 19.5 Å². The van der Waals surface area contributed by atoms with Crippen LogP contribution in [-0.2, 0) is 19.9 Å². The van der Waals surface area contributed by atoms with Crippen molar-refractivity contribution in [3.63, 3.8) is 0 Å². The molecule has 142 valence electrons. The number of aryl methyl sites for hydroxylation is 2. The van der Waals surface area contributed by atoms with Gasteiger partial charge in [0.2, 0.25) is 0 Å². The fourth-order valence-corrected chi connectivity index (χ4v) is 3.19. The SMILES string of the molecule is CCc1nn(C)cc1NC(Cc1ccc(OC)cc1)c1ccc(OC)cc1. The van der Waals surface area contributed by atoms with E-state index >= 15 is 0 Å². The zero-order valence-electron chi connectivity index (χ0n) is 16.4. The summed E-state index contributed by atoms with van der Waals surface area (Å²) in [4.78, 5) is 0. The van der Waals surface area contributed by atoms with Crippen molar-refractivity contribution in [3.8, 4) is 11.5 Å². The first kappa shape index (κ1) is 18.8. The summed E-state index contributed by atoms with van der Waals surface area (Å²) in [6.07, 6.45) is 3.79. The van der Waals surface area contributed by atoms with Crippen molar-refractivity contribution in [2.24, 2.45) is 7.05 Å². The molecule has 1 heterocycles. The predicted molar refractivity (Wildman–Crippen MR) is 109 cm³/mol. The molecule has 1 N–H and O–H groups in total. The number of nitrogens with zero attached hydrogens (tertiary/aromatic N) is 2. The van der Waals surface area contributed by atoms with Crippen molar-refractivity contribution in [1.29, 1.82) is 0 Å². The van der Waals surface area contributed by atoms with Crippen LogP contribution in [0.1, 0.15) is 29.8 Å². The lowest BCUT2D eigenvalue weighted by Gasteiger charge is -2.21.